The van der Waals surface area contributed by atoms with Gasteiger partial charge >= 0.3 is 0 Å². The molecule has 0 amide bonds. The van der Waals surface area contributed by atoms with E-state index in [-0.39, 0.29) is 6.61 Å². The number of aromatic nitrogens is 1. The van der Waals surface area contributed by atoms with Crippen LogP contribution in [0, 0.1) is 0 Å². The minimum absolute atomic E-state index is 0.0170. The predicted octanol–water partition coefficient (Wildman–Crippen LogP) is 2.90. The van der Waals surface area contributed by atoms with E-state index in [4.69, 9.17) is 16.7 Å². The molecule has 0 unspecified atom stereocenters. The van der Waals surface area contributed by atoms with E-state index in [1.165, 1.54) is 0 Å². The Labute approximate surface area is 103 Å². The van der Waals surface area contributed by atoms with Crippen molar-refractivity contribution in [3.05, 3.63) is 45.4 Å². The second kappa shape index (κ2) is 5.30. The third-order valence-electron chi connectivity index (χ3n) is 2.13. The number of rotatable bonds is 4. The van der Waals surface area contributed by atoms with Crippen LogP contribution in [0.15, 0.2) is 29.8 Å². The lowest BCUT2D eigenvalue weighted by Gasteiger charge is -2.08. The molecule has 3 nitrogen and oxygen atoms in total. The Kier molecular flexibility index (Phi) is 3.77. The summed E-state index contributed by atoms with van der Waals surface area (Å²) in [6.07, 6.45) is 1.77. The summed E-state index contributed by atoms with van der Waals surface area (Å²) in [4.78, 5) is 4.17. The van der Waals surface area contributed by atoms with Crippen molar-refractivity contribution in [1.82, 2.24) is 4.98 Å². The number of nitrogens with zero attached hydrogens (tertiary/aromatic N) is 1. The molecule has 2 aromatic rings. The van der Waals surface area contributed by atoms with Crippen LogP contribution in [0.3, 0.4) is 0 Å². The smallest absolute Gasteiger partial charge is 0.112 e. The standard InChI is InChI=1S/C11H11ClN2OS/c12-9-2-1-8(7-15)5-10(9)14-6-11-13-3-4-16-11/h1-5,14-15H,6-7H2. The van der Waals surface area contributed by atoms with Crippen LogP contribution in [-0.4, -0.2) is 10.1 Å². The Morgan fingerprint density at radius 3 is 3.00 bits per heavy atom. The van der Waals surface area contributed by atoms with E-state index in [2.05, 4.69) is 10.3 Å². The minimum atomic E-state index is 0.0170. The summed E-state index contributed by atoms with van der Waals surface area (Å²) in [6, 6.07) is 5.42. The van der Waals surface area contributed by atoms with Gasteiger partial charge in [-0.1, -0.05) is 17.7 Å². The van der Waals surface area contributed by atoms with Gasteiger partial charge in [-0.05, 0) is 17.7 Å². The van der Waals surface area contributed by atoms with E-state index in [1.54, 1.807) is 29.7 Å². The van der Waals surface area contributed by atoms with Crippen molar-refractivity contribution in [2.75, 3.05) is 5.32 Å². The number of benzene rings is 1. The van der Waals surface area contributed by atoms with Gasteiger partial charge in [-0.2, -0.15) is 0 Å². The number of aliphatic hydroxyl groups excluding tert-OH is 1. The van der Waals surface area contributed by atoms with Crippen molar-refractivity contribution >= 4 is 28.6 Å². The predicted molar refractivity (Wildman–Crippen MR) is 66.8 cm³/mol. The van der Waals surface area contributed by atoms with Crippen LogP contribution in [-0.2, 0) is 13.2 Å². The van der Waals surface area contributed by atoms with Crippen molar-refractivity contribution in [3.63, 3.8) is 0 Å². The number of anilines is 1. The second-order valence-corrected chi connectivity index (χ2v) is 4.64. The lowest BCUT2D eigenvalue weighted by Crippen LogP contribution is -2.00. The lowest BCUT2D eigenvalue weighted by molar-refractivity contribution is 0.282. The van der Waals surface area contributed by atoms with Crippen molar-refractivity contribution in [2.45, 2.75) is 13.2 Å². The molecule has 0 bridgehead atoms. The summed E-state index contributed by atoms with van der Waals surface area (Å²) >= 11 is 7.62. The van der Waals surface area contributed by atoms with Gasteiger partial charge in [0, 0.05) is 11.6 Å². The first kappa shape index (κ1) is 11.4. The monoisotopic (exact) mass is 254 g/mol. The Hall–Kier alpha value is -1.10. The number of aliphatic hydroxyl groups is 1. The zero-order chi connectivity index (χ0) is 11.4. The number of hydrogen-bond acceptors (Lipinski definition) is 4. The van der Waals surface area contributed by atoms with Crippen LogP contribution in [0.25, 0.3) is 0 Å². The third-order valence-corrected chi connectivity index (χ3v) is 3.24. The first-order valence-corrected chi connectivity index (χ1v) is 6.07. The molecular weight excluding hydrogens is 244 g/mol. The molecule has 0 fully saturated rings. The zero-order valence-corrected chi connectivity index (χ0v) is 10.1. The molecule has 0 atom stereocenters. The molecule has 1 aromatic heterocycles. The van der Waals surface area contributed by atoms with Crippen molar-refractivity contribution in [3.8, 4) is 0 Å². The molecule has 5 heteroatoms. The van der Waals surface area contributed by atoms with Gasteiger partial charge in [0.1, 0.15) is 5.01 Å². The highest BCUT2D eigenvalue weighted by Gasteiger charge is 2.02. The van der Waals surface area contributed by atoms with Crippen molar-refractivity contribution in [1.29, 1.82) is 0 Å². The molecule has 1 aromatic carbocycles. The van der Waals surface area contributed by atoms with Crippen LogP contribution in [0.5, 0.6) is 0 Å². The molecule has 0 aliphatic rings. The molecule has 0 saturated carbocycles. The average Bonchev–Trinajstić information content (AvgIpc) is 2.81. The number of halogens is 1. The molecule has 0 spiro atoms. The van der Waals surface area contributed by atoms with Gasteiger partial charge in [-0.3, -0.25) is 0 Å². The fourth-order valence-electron chi connectivity index (χ4n) is 1.32. The number of thiazole rings is 1. The molecule has 2 N–H and O–H groups in total. The van der Waals surface area contributed by atoms with Crippen molar-refractivity contribution in [2.24, 2.45) is 0 Å². The highest BCUT2D eigenvalue weighted by atomic mass is 35.5. The van der Waals surface area contributed by atoms with E-state index in [0.29, 0.717) is 11.6 Å². The normalized spacial score (nSPS) is 10.4. The zero-order valence-electron chi connectivity index (χ0n) is 8.48. The quantitative estimate of drug-likeness (QED) is 0.882. The third kappa shape index (κ3) is 2.72. The minimum Gasteiger partial charge on any atom is -0.392 e. The summed E-state index contributed by atoms with van der Waals surface area (Å²) in [6.45, 7) is 0.662. The molecule has 0 radical (unpaired) electrons. The number of nitrogens with one attached hydrogen (secondary N) is 1. The molecule has 0 saturated heterocycles. The number of hydrogen-bond donors (Lipinski definition) is 2. The van der Waals surface area contributed by atoms with Gasteiger partial charge in [0.05, 0.1) is 23.9 Å². The van der Waals surface area contributed by atoms with Crippen molar-refractivity contribution < 1.29 is 5.11 Å². The van der Waals surface area contributed by atoms with Crippen LogP contribution in [0.4, 0.5) is 5.69 Å². The largest absolute Gasteiger partial charge is 0.392 e. The van der Waals surface area contributed by atoms with Gasteiger partial charge in [0.2, 0.25) is 0 Å². The maximum Gasteiger partial charge on any atom is 0.112 e. The average molecular weight is 255 g/mol. The van der Waals surface area contributed by atoms with Crippen LogP contribution in [0.2, 0.25) is 5.02 Å². The maximum absolute atomic E-state index is 9.02. The summed E-state index contributed by atoms with van der Waals surface area (Å²) in [5, 5.41) is 15.8. The fourth-order valence-corrected chi connectivity index (χ4v) is 2.06. The van der Waals surface area contributed by atoms with E-state index >= 15 is 0 Å². The molecule has 84 valence electrons. The van der Waals surface area contributed by atoms with Gasteiger partial charge in [0.25, 0.3) is 0 Å². The molecular formula is C11H11ClN2OS. The molecule has 0 aliphatic carbocycles. The lowest BCUT2D eigenvalue weighted by atomic mass is 10.2. The Morgan fingerprint density at radius 1 is 1.44 bits per heavy atom. The fraction of sp³-hybridized carbons (Fsp3) is 0.182. The van der Waals surface area contributed by atoms with E-state index in [0.717, 1.165) is 16.3 Å². The molecule has 16 heavy (non-hydrogen) atoms. The highest BCUT2D eigenvalue weighted by Crippen LogP contribution is 2.23. The second-order valence-electron chi connectivity index (χ2n) is 3.25. The summed E-state index contributed by atoms with van der Waals surface area (Å²) in [5.41, 5.74) is 1.66. The maximum atomic E-state index is 9.02. The van der Waals surface area contributed by atoms with Gasteiger partial charge in [-0.15, -0.1) is 11.3 Å². The van der Waals surface area contributed by atoms with Crippen LogP contribution < -0.4 is 5.32 Å². The highest BCUT2D eigenvalue weighted by molar-refractivity contribution is 7.09. The summed E-state index contributed by atoms with van der Waals surface area (Å²) in [7, 11) is 0. The Bertz CT molecular complexity index is 459. The Morgan fingerprint density at radius 2 is 2.31 bits per heavy atom. The van der Waals surface area contributed by atoms with Gasteiger partial charge in [0.15, 0.2) is 0 Å². The first-order chi connectivity index (χ1) is 7.79. The SMILES string of the molecule is OCc1ccc(Cl)c(NCc2nccs2)c1. The van der Waals surface area contributed by atoms with Gasteiger partial charge in [-0.25, -0.2) is 4.98 Å². The molecule has 1 heterocycles. The molecule has 0 aliphatic heterocycles. The summed E-state index contributed by atoms with van der Waals surface area (Å²) in [5.74, 6) is 0. The van der Waals surface area contributed by atoms with Crippen LogP contribution >= 0.6 is 22.9 Å². The van der Waals surface area contributed by atoms with Gasteiger partial charge < -0.3 is 10.4 Å². The van der Waals surface area contributed by atoms with Crippen LogP contribution in [0.1, 0.15) is 10.6 Å². The topological polar surface area (TPSA) is 45.1 Å². The first-order valence-electron chi connectivity index (χ1n) is 4.81. The Balaban J connectivity index is 2.08. The van der Waals surface area contributed by atoms with E-state index < -0.39 is 0 Å². The van der Waals surface area contributed by atoms with E-state index in [1.807, 2.05) is 11.4 Å². The summed E-state index contributed by atoms with van der Waals surface area (Å²) < 4.78 is 0. The molecule has 2 rings (SSSR count). The van der Waals surface area contributed by atoms with E-state index in [9.17, 15) is 0 Å².